The van der Waals surface area contributed by atoms with Crippen LogP contribution >= 0.6 is 11.6 Å². The molecule has 0 aromatic heterocycles. The molecule has 4 nitrogen and oxygen atoms in total. The summed E-state index contributed by atoms with van der Waals surface area (Å²) in [7, 11) is 0. The molecule has 3 N–H and O–H groups in total. The van der Waals surface area contributed by atoms with Crippen LogP contribution in [-0.4, -0.2) is 17.7 Å². The molecule has 0 spiro atoms. The maximum atomic E-state index is 13.2. The van der Waals surface area contributed by atoms with Crippen molar-refractivity contribution in [3.05, 3.63) is 29.6 Å². The number of rotatable bonds is 3. The molecule has 0 saturated heterocycles. The number of halogens is 2. The topological polar surface area (TPSA) is 72.2 Å². The van der Waals surface area contributed by atoms with Crippen LogP contribution in [0.25, 0.3) is 0 Å². The molecule has 2 amide bonds. The second kappa shape index (κ2) is 4.75. The highest BCUT2D eigenvalue weighted by molar-refractivity contribution is 6.29. The summed E-state index contributed by atoms with van der Waals surface area (Å²) in [6.07, 6.45) is 0. The Balaban J connectivity index is 3.11. The normalized spacial score (nSPS) is 9.73. The predicted octanol–water partition coefficient (Wildman–Crippen LogP) is 1.10. The minimum atomic E-state index is -0.946. The van der Waals surface area contributed by atoms with Gasteiger partial charge in [-0.25, -0.2) is 4.39 Å². The zero-order valence-corrected chi connectivity index (χ0v) is 8.34. The number of benzene rings is 1. The summed E-state index contributed by atoms with van der Waals surface area (Å²) >= 11 is 5.25. The van der Waals surface area contributed by atoms with Gasteiger partial charge in [-0.1, -0.05) is 6.07 Å². The van der Waals surface area contributed by atoms with Gasteiger partial charge in [0.25, 0.3) is 5.91 Å². The predicted molar refractivity (Wildman–Crippen MR) is 54.3 cm³/mol. The average molecular weight is 231 g/mol. The van der Waals surface area contributed by atoms with Crippen molar-refractivity contribution in [3.8, 4) is 0 Å². The number of alkyl halides is 1. The molecule has 0 unspecified atom stereocenters. The molecule has 80 valence electrons. The van der Waals surface area contributed by atoms with E-state index >= 15 is 0 Å². The van der Waals surface area contributed by atoms with Gasteiger partial charge >= 0.3 is 0 Å². The first-order valence-electron chi connectivity index (χ1n) is 4.00. The summed E-state index contributed by atoms with van der Waals surface area (Å²) in [6, 6.07) is 3.80. The minimum absolute atomic E-state index is 0.0214. The highest BCUT2D eigenvalue weighted by Crippen LogP contribution is 2.18. The van der Waals surface area contributed by atoms with Gasteiger partial charge in [0.1, 0.15) is 11.7 Å². The highest BCUT2D eigenvalue weighted by Gasteiger charge is 2.14. The highest BCUT2D eigenvalue weighted by atomic mass is 35.5. The van der Waals surface area contributed by atoms with Crippen LogP contribution in [0.2, 0.25) is 0 Å². The van der Waals surface area contributed by atoms with E-state index in [1.54, 1.807) is 0 Å². The van der Waals surface area contributed by atoms with Crippen molar-refractivity contribution >= 4 is 29.1 Å². The fourth-order valence-electron chi connectivity index (χ4n) is 1.06. The summed E-state index contributed by atoms with van der Waals surface area (Å²) in [4.78, 5) is 21.9. The molecule has 0 radical (unpaired) electrons. The van der Waals surface area contributed by atoms with Crippen LogP contribution in [0.15, 0.2) is 18.2 Å². The molecule has 1 aromatic rings. The Kier molecular flexibility index (Phi) is 3.62. The summed E-state index contributed by atoms with van der Waals surface area (Å²) < 4.78 is 13.2. The third-order valence-corrected chi connectivity index (χ3v) is 1.90. The maximum absolute atomic E-state index is 13.2. The quantitative estimate of drug-likeness (QED) is 0.764. The number of anilines is 1. The number of primary amides is 1. The number of carbonyl (C=O) groups is 2. The molecular weight excluding hydrogens is 223 g/mol. The largest absolute Gasteiger partial charge is 0.365 e. The molecular formula is C9H8ClFN2O2. The van der Waals surface area contributed by atoms with E-state index in [0.29, 0.717) is 0 Å². The Bertz CT molecular complexity index is 409. The van der Waals surface area contributed by atoms with Gasteiger partial charge in [-0.15, -0.1) is 11.6 Å². The van der Waals surface area contributed by atoms with Crippen LogP contribution in [0.1, 0.15) is 10.4 Å². The lowest BCUT2D eigenvalue weighted by atomic mass is 10.1. The Morgan fingerprint density at radius 1 is 1.47 bits per heavy atom. The van der Waals surface area contributed by atoms with Gasteiger partial charge in [0, 0.05) is 0 Å². The molecule has 1 aromatic carbocycles. The first-order valence-corrected chi connectivity index (χ1v) is 4.54. The van der Waals surface area contributed by atoms with Crippen molar-refractivity contribution in [2.24, 2.45) is 5.73 Å². The molecule has 15 heavy (non-hydrogen) atoms. The van der Waals surface area contributed by atoms with E-state index in [0.717, 1.165) is 6.07 Å². The van der Waals surface area contributed by atoms with Gasteiger partial charge in [0.15, 0.2) is 0 Å². The number of carbonyl (C=O) groups excluding carboxylic acids is 2. The van der Waals surface area contributed by atoms with Crippen molar-refractivity contribution in [2.45, 2.75) is 0 Å². The van der Waals surface area contributed by atoms with Gasteiger partial charge in [0.2, 0.25) is 5.91 Å². The maximum Gasteiger partial charge on any atom is 0.253 e. The third kappa shape index (κ3) is 2.66. The van der Waals surface area contributed by atoms with Crippen molar-refractivity contribution in [1.82, 2.24) is 0 Å². The standard InChI is InChI=1S/C9H8ClFN2O2/c10-4-7(14)13-6-3-1-2-5(11)8(6)9(12)15/h1-3H,4H2,(H2,12,15)(H,13,14). The first-order chi connectivity index (χ1) is 7.06. The van der Waals surface area contributed by atoms with Gasteiger partial charge in [-0.2, -0.15) is 0 Å². The molecule has 1 rings (SSSR count). The molecule has 0 aliphatic carbocycles. The van der Waals surface area contributed by atoms with Crippen molar-refractivity contribution in [3.63, 3.8) is 0 Å². The van der Waals surface area contributed by atoms with Crippen LogP contribution in [-0.2, 0) is 4.79 Å². The SMILES string of the molecule is NC(=O)c1c(F)cccc1NC(=O)CCl. The fourth-order valence-corrected chi connectivity index (χ4v) is 1.13. The molecule has 0 bridgehead atoms. The number of hydrogen-bond acceptors (Lipinski definition) is 2. The van der Waals surface area contributed by atoms with E-state index in [1.807, 2.05) is 0 Å². The summed E-state index contributed by atoms with van der Waals surface area (Å²) in [5.41, 5.74) is 4.64. The smallest absolute Gasteiger partial charge is 0.253 e. The van der Waals surface area contributed by atoms with Crippen molar-refractivity contribution < 1.29 is 14.0 Å². The lowest BCUT2D eigenvalue weighted by Crippen LogP contribution is -2.20. The van der Waals surface area contributed by atoms with E-state index in [2.05, 4.69) is 5.32 Å². The summed E-state index contributed by atoms with van der Waals surface area (Å²) in [6.45, 7) is 0. The van der Waals surface area contributed by atoms with Gasteiger partial charge < -0.3 is 11.1 Å². The molecule has 0 aliphatic rings. The Hall–Kier alpha value is -1.62. The zero-order chi connectivity index (χ0) is 11.4. The van der Waals surface area contributed by atoms with Gasteiger partial charge in [-0.05, 0) is 12.1 Å². The average Bonchev–Trinajstić information content (AvgIpc) is 2.17. The summed E-state index contributed by atoms with van der Waals surface area (Å²) in [5, 5.41) is 2.27. The second-order valence-electron chi connectivity index (χ2n) is 2.71. The van der Waals surface area contributed by atoms with Crippen molar-refractivity contribution in [2.75, 3.05) is 11.2 Å². The Labute approximate surface area is 90.2 Å². The second-order valence-corrected chi connectivity index (χ2v) is 2.98. The molecule has 6 heteroatoms. The molecule has 0 saturated carbocycles. The van der Waals surface area contributed by atoms with E-state index in [-0.39, 0.29) is 17.1 Å². The lowest BCUT2D eigenvalue weighted by molar-refractivity contribution is -0.113. The lowest BCUT2D eigenvalue weighted by Gasteiger charge is -2.07. The fraction of sp³-hybridized carbons (Fsp3) is 0.111. The molecule has 0 aliphatic heterocycles. The number of hydrogen-bond donors (Lipinski definition) is 2. The Morgan fingerprint density at radius 2 is 2.13 bits per heavy atom. The van der Waals surface area contributed by atoms with Crippen LogP contribution < -0.4 is 11.1 Å². The van der Waals surface area contributed by atoms with Crippen LogP contribution in [0, 0.1) is 5.82 Å². The number of amides is 2. The van der Waals surface area contributed by atoms with Crippen LogP contribution in [0.4, 0.5) is 10.1 Å². The Morgan fingerprint density at radius 3 is 2.67 bits per heavy atom. The summed E-state index contributed by atoms with van der Waals surface area (Å²) in [5.74, 6) is -2.55. The van der Waals surface area contributed by atoms with E-state index in [1.165, 1.54) is 12.1 Å². The van der Waals surface area contributed by atoms with E-state index < -0.39 is 17.6 Å². The van der Waals surface area contributed by atoms with Crippen LogP contribution in [0.5, 0.6) is 0 Å². The van der Waals surface area contributed by atoms with Gasteiger partial charge in [0.05, 0.1) is 11.3 Å². The van der Waals surface area contributed by atoms with E-state index in [4.69, 9.17) is 17.3 Å². The monoisotopic (exact) mass is 230 g/mol. The first kappa shape index (κ1) is 11.5. The number of nitrogens with two attached hydrogens (primary N) is 1. The van der Waals surface area contributed by atoms with Gasteiger partial charge in [-0.3, -0.25) is 9.59 Å². The molecule has 0 atom stereocenters. The van der Waals surface area contributed by atoms with E-state index in [9.17, 15) is 14.0 Å². The minimum Gasteiger partial charge on any atom is -0.365 e. The third-order valence-electron chi connectivity index (χ3n) is 1.66. The van der Waals surface area contributed by atoms with Crippen LogP contribution in [0.3, 0.4) is 0 Å². The molecule has 0 fully saturated rings. The molecule has 0 heterocycles. The number of nitrogens with one attached hydrogen (secondary N) is 1. The zero-order valence-electron chi connectivity index (χ0n) is 7.59. The van der Waals surface area contributed by atoms with Crippen molar-refractivity contribution in [1.29, 1.82) is 0 Å².